The van der Waals surface area contributed by atoms with Crippen molar-refractivity contribution in [1.29, 1.82) is 0 Å². The highest BCUT2D eigenvalue weighted by Gasteiger charge is 2.29. The molecule has 0 aliphatic carbocycles. The zero-order valence-corrected chi connectivity index (χ0v) is 12.6. The van der Waals surface area contributed by atoms with E-state index in [0.717, 1.165) is 25.2 Å². The van der Waals surface area contributed by atoms with E-state index in [1.165, 1.54) is 0 Å². The SMILES string of the molecule is CC(C)N(C(=O)CNC1(C)CCNC1)c1ccccc1. The number of rotatable bonds is 5. The molecule has 1 saturated heterocycles. The van der Waals surface area contributed by atoms with Crippen LogP contribution < -0.4 is 15.5 Å². The highest BCUT2D eigenvalue weighted by molar-refractivity contribution is 5.95. The first kappa shape index (κ1) is 15.0. The van der Waals surface area contributed by atoms with Crippen LogP contribution in [0.25, 0.3) is 0 Å². The lowest BCUT2D eigenvalue weighted by molar-refractivity contribution is -0.118. The van der Waals surface area contributed by atoms with Crippen molar-refractivity contribution in [3.8, 4) is 0 Å². The van der Waals surface area contributed by atoms with Crippen molar-refractivity contribution in [1.82, 2.24) is 10.6 Å². The molecule has 2 N–H and O–H groups in total. The number of carbonyl (C=O) groups is 1. The van der Waals surface area contributed by atoms with Crippen molar-refractivity contribution in [2.45, 2.75) is 38.8 Å². The molecule has 1 fully saturated rings. The van der Waals surface area contributed by atoms with Gasteiger partial charge >= 0.3 is 0 Å². The zero-order valence-electron chi connectivity index (χ0n) is 12.6. The number of hydrogen-bond donors (Lipinski definition) is 2. The second-order valence-electron chi connectivity index (χ2n) is 6.03. The van der Waals surface area contributed by atoms with E-state index in [-0.39, 0.29) is 17.5 Å². The van der Waals surface area contributed by atoms with E-state index in [9.17, 15) is 4.79 Å². The van der Waals surface area contributed by atoms with Crippen LogP contribution in [0.1, 0.15) is 27.2 Å². The molecule has 1 unspecified atom stereocenters. The summed E-state index contributed by atoms with van der Waals surface area (Å²) in [6.45, 7) is 8.58. The Morgan fingerprint density at radius 2 is 2.10 bits per heavy atom. The van der Waals surface area contributed by atoms with Gasteiger partial charge in [0.1, 0.15) is 0 Å². The molecule has 1 aromatic carbocycles. The van der Waals surface area contributed by atoms with E-state index in [1.54, 1.807) is 0 Å². The fourth-order valence-electron chi connectivity index (χ4n) is 2.66. The summed E-state index contributed by atoms with van der Waals surface area (Å²) in [6, 6.07) is 10.0. The molecule has 0 bridgehead atoms. The van der Waals surface area contributed by atoms with Gasteiger partial charge in [-0.25, -0.2) is 0 Å². The number of anilines is 1. The van der Waals surface area contributed by atoms with Crippen molar-refractivity contribution in [3.05, 3.63) is 30.3 Å². The second-order valence-corrected chi connectivity index (χ2v) is 6.03. The Balaban J connectivity index is 2.01. The van der Waals surface area contributed by atoms with Crippen LogP contribution in [0.4, 0.5) is 5.69 Å². The molecule has 0 radical (unpaired) electrons. The topological polar surface area (TPSA) is 44.4 Å². The smallest absolute Gasteiger partial charge is 0.241 e. The molecule has 2 rings (SSSR count). The molecule has 1 atom stereocenters. The van der Waals surface area contributed by atoms with Crippen LogP contribution in [-0.2, 0) is 4.79 Å². The molecule has 0 spiro atoms. The lowest BCUT2D eigenvalue weighted by atomic mass is 10.0. The molecule has 110 valence electrons. The average Bonchev–Trinajstić information content (AvgIpc) is 2.85. The van der Waals surface area contributed by atoms with E-state index in [1.807, 2.05) is 49.1 Å². The van der Waals surface area contributed by atoms with Gasteiger partial charge in [0.15, 0.2) is 0 Å². The number of hydrogen-bond acceptors (Lipinski definition) is 3. The minimum atomic E-state index is 0.0367. The van der Waals surface area contributed by atoms with Crippen LogP contribution in [0.15, 0.2) is 30.3 Å². The van der Waals surface area contributed by atoms with Crippen molar-refractivity contribution >= 4 is 11.6 Å². The van der Waals surface area contributed by atoms with Gasteiger partial charge in [0.05, 0.1) is 6.54 Å². The molecule has 4 nitrogen and oxygen atoms in total. The number of benzene rings is 1. The summed E-state index contributed by atoms with van der Waals surface area (Å²) in [5.41, 5.74) is 0.999. The molecule has 1 aliphatic rings. The van der Waals surface area contributed by atoms with Crippen LogP contribution in [-0.4, -0.2) is 37.1 Å². The monoisotopic (exact) mass is 275 g/mol. The summed E-state index contributed by atoms with van der Waals surface area (Å²) in [4.78, 5) is 14.4. The summed E-state index contributed by atoms with van der Waals surface area (Å²) in [7, 11) is 0. The Kier molecular flexibility index (Phi) is 4.78. The summed E-state index contributed by atoms with van der Waals surface area (Å²) in [5, 5.41) is 6.74. The number of nitrogens with zero attached hydrogens (tertiary/aromatic N) is 1. The fourth-order valence-corrected chi connectivity index (χ4v) is 2.66. The van der Waals surface area contributed by atoms with Gasteiger partial charge in [-0.2, -0.15) is 0 Å². The van der Waals surface area contributed by atoms with Crippen molar-refractivity contribution in [3.63, 3.8) is 0 Å². The molecular formula is C16H25N3O. The van der Waals surface area contributed by atoms with Crippen LogP contribution in [0, 0.1) is 0 Å². The molecular weight excluding hydrogens is 250 g/mol. The average molecular weight is 275 g/mol. The van der Waals surface area contributed by atoms with Crippen molar-refractivity contribution in [2.75, 3.05) is 24.5 Å². The Labute approximate surface area is 121 Å². The van der Waals surface area contributed by atoms with E-state index in [2.05, 4.69) is 17.6 Å². The quantitative estimate of drug-likeness (QED) is 0.861. The summed E-state index contributed by atoms with van der Waals surface area (Å²) < 4.78 is 0. The first-order valence-electron chi connectivity index (χ1n) is 7.35. The van der Waals surface area contributed by atoms with Crippen molar-refractivity contribution < 1.29 is 4.79 Å². The Bertz CT molecular complexity index is 438. The van der Waals surface area contributed by atoms with Crippen molar-refractivity contribution in [2.24, 2.45) is 0 Å². The highest BCUT2D eigenvalue weighted by Crippen LogP contribution is 2.17. The predicted molar refractivity (Wildman–Crippen MR) is 83.0 cm³/mol. The largest absolute Gasteiger partial charge is 0.315 e. The van der Waals surface area contributed by atoms with E-state index >= 15 is 0 Å². The summed E-state index contributed by atoms with van der Waals surface area (Å²) >= 11 is 0. The number of nitrogens with one attached hydrogen (secondary N) is 2. The Hall–Kier alpha value is -1.39. The lowest BCUT2D eigenvalue weighted by Gasteiger charge is -2.30. The molecule has 20 heavy (non-hydrogen) atoms. The minimum Gasteiger partial charge on any atom is -0.315 e. The van der Waals surface area contributed by atoms with Crippen LogP contribution in [0.5, 0.6) is 0 Å². The van der Waals surface area contributed by atoms with Gasteiger partial charge in [0, 0.05) is 23.8 Å². The third-order valence-electron chi connectivity index (χ3n) is 3.85. The number of amides is 1. The molecule has 1 aliphatic heterocycles. The number of para-hydroxylation sites is 1. The normalized spacial score (nSPS) is 22.2. The van der Waals surface area contributed by atoms with Gasteiger partial charge in [0.25, 0.3) is 0 Å². The first-order chi connectivity index (χ1) is 9.52. The van der Waals surface area contributed by atoms with Gasteiger partial charge < -0.3 is 15.5 Å². The maximum absolute atomic E-state index is 12.5. The Morgan fingerprint density at radius 3 is 2.65 bits per heavy atom. The highest BCUT2D eigenvalue weighted by atomic mass is 16.2. The van der Waals surface area contributed by atoms with Gasteiger partial charge in [0.2, 0.25) is 5.91 Å². The lowest BCUT2D eigenvalue weighted by Crippen LogP contribution is -2.50. The van der Waals surface area contributed by atoms with E-state index < -0.39 is 0 Å². The third kappa shape index (κ3) is 3.58. The summed E-state index contributed by atoms with van der Waals surface area (Å²) in [6.07, 6.45) is 1.06. The van der Waals surface area contributed by atoms with Gasteiger partial charge in [-0.15, -0.1) is 0 Å². The molecule has 0 saturated carbocycles. The fraction of sp³-hybridized carbons (Fsp3) is 0.562. The van der Waals surface area contributed by atoms with Gasteiger partial charge in [-0.1, -0.05) is 18.2 Å². The standard InChI is InChI=1S/C16H25N3O/c1-13(2)19(14-7-5-4-6-8-14)15(20)11-18-16(3)9-10-17-12-16/h4-8,13,17-18H,9-12H2,1-3H3. The van der Waals surface area contributed by atoms with Crippen LogP contribution >= 0.6 is 0 Å². The molecule has 1 aromatic rings. The van der Waals surface area contributed by atoms with Gasteiger partial charge in [-0.3, -0.25) is 4.79 Å². The second kappa shape index (κ2) is 6.37. The maximum atomic E-state index is 12.5. The summed E-state index contributed by atoms with van der Waals surface area (Å²) in [5.74, 6) is 0.124. The van der Waals surface area contributed by atoms with Crippen LogP contribution in [0.2, 0.25) is 0 Å². The number of carbonyl (C=O) groups excluding carboxylic acids is 1. The molecule has 1 heterocycles. The molecule has 1 amide bonds. The Morgan fingerprint density at radius 1 is 1.40 bits per heavy atom. The maximum Gasteiger partial charge on any atom is 0.241 e. The van der Waals surface area contributed by atoms with E-state index in [4.69, 9.17) is 0 Å². The van der Waals surface area contributed by atoms with E-state index in [0.29, 0.717) is 6.54 Å². The van der Waals surface area contributed by atoms with Crippen LogP contribution in [0.3, 0.4) is 0 Å². The minimum absolute atomic E-state index is 0.0367. The predicted octanol–water partition coefficient (Wildman–Crippen LogP) is 1.77. The molecule has 0 aromatic heterocycles. The molecule has 4 heteroatoms. The third-order valence-corrected chi connectivity index (χ3v) is 3.85. The zero-order chi connectivity index (χ0) is 14.6. The first-order valence-corrected chi connectivity index (χ1v) is 7.35. The van der Waals surface area contributed by atoms with Gasteiger partial charge in [-0.05, 0) is 45.9 Å².